The highest BCUT2D eigenvalue weighted by Gasteiger charge is 2.28. The van der Waals surface area contributed by atoms with Crippen LogP contribution >= 0.6 is 22.6 Å². The Balaban J connectivity index is 2.04. The number of benzene rings is 2. The van der Waals surface area contributed by atoms with Gasteiger partial charge < -0.3 is 19.1 Å². The van der Waals surface area contributed by atoms with Crippen LogP contribution in [-0.4, -0.2) is 30.0 Å². The van der Waals surface area contributed by atoms with Crippen LogP contribution in [0.4, 0.5) is 8.78 Å². The lowest BCUT2D eigenvalue weighted by molar-refractivity contribution is 0.0841. The second kappa shape index (κ2) is 7.27. The van der Waals surface area contributed by atoms with E-state index in [1.165, 1.54) is 19.2 Å². The largest absolute Gasteiger partial charge is 0.507 e. The molecule has 0 bridgehead atoms. The molecule has 1 aliphatic heterocycles. The average molecular weight is 485 g/mol. The maximum Gasteiger partial charge on any atom is 0.165 e. The zero-order valence-electron chi connectivity index (χ0n) is 14.6. The molecule has 0 radical (unpaired) electrons. The van der Waals surface area contributed by atoms with Gasteiger partial charge >= 0.3 is 0 Å². The molecule has 0 unspecified atom stereocenters. The Hall–Kier alpha value is -1.87. The molecule has 2 aromatic carbocycles. The maximum absolute atomic E-state index is 14.1. The molecule has 7 heteroatoms. The van der Waals surface area contributed by atoms with E-state index in [4.69, 9.17) is 9.47 Å². The van der Waals surface area contributed by atoms with E-state index in [9.17, 15) is 13.9 Å². The van der Waals surface area contributed by atoms with Gasteiger partial charge in [-0.3, -0.25) is 0 Å². The van der Waals surface area contributed by atoms with Crippen LogP contribution in [-0.2, 0) is 4.74 Å². The average Bonchev–Trinajstić information content (AvgIpc) is 2.95. The second-order valence-electron chi connectivity index (χ2n) is 6.56. The minimum absolute atomic E-state index is 0.101. The van der Waals surface area contributed by atoms with E-state index < -0.39 is 11.6 Å². The molecule has 3 aromatic rings. The third-order valence-corrected chi connectivity index (χ3v) is 6.08. The highest BCUT2D eigenvalue weighted by molar-refractivity contribution is 14.1. The molecule has 0 spiro atoms. The number of ether oxygens (including phenoxy) is 2. The number of halogens is 3. The lowest BCUT2D eigenvalue weighted by Crippen LogP contribution is -2.17. The SMILES string of the molecule is COc1cc(-n2c(C3CCOCC3)c(I)c3c(O)cc(F)cc32)ccc1F. The van der Waals surface area contributed by atoms with Gasteiger partial charge in [0.1, 0.15) is 11.6 Å². The summed E-state index contributed by atoms with van der Waals surface area (Å²) in [5.74, 6) is -0.785. The first kappa shape index (κ1) is 18.5. The number of phenols is 1. The lowest BCUT2D eigenvalue weighted by Gasteiger charge is -2.25. The van der Waals surface area contributed by atoms with Gasteiger partial charge in [-0.2, -0.15) is 0 Å². The molecule has 27 heavy (non-hydrogen) atoms. The minimum Gasteiger partial charge on any atom is -0.507 e. The number of aromatic nitrogens is 1. The van der Waals surface area contributed by atoms with Crippen molar-refractivity contribution in [3.8, 4) is 17.2 Å². The first-order valence-electron chi connectivity index (χ1n) is 8.65. The summed E-state index contributed by atoms with van der Waals surface area (Å²) in [6.45, 7) is 1.30. The molecule has 1 fully saturated rings. The summed E-state index contributed by atoms with van der Waals surface area (Å²) in [5, 5.41) is 11.0. The van der Waals surface area contributed by atoms with Crippen molar-refractivity contribution in [3.05, 3.63) is 51.2 Å². The number of hydrogen-bond donors (Lipinski definition) is 1. The van der Waals surface area contributed by atoms with Crippen LogP contribution in [0.1, 0.15) is 24.5 Å². The number of fused-ring (bicyclic) bond motifs is 1. The summed E-state index contributed by atoms with van der Waals surface area (Å²) in [6, 6.07) is 7.08. The van der Waals surface area contributed by atoms with Crippen molar-refractivity contribution >= 4 is 33.5 Å². The van der Waals surface area contributed by atoms with Gasteiger partial charge in [0, 0.05) is 46.2 Å². The predicted molar refractivity (Wildman–Crippen MR) is 107 cm³/mol. The van der Waals surface area contributed by atoms with Gasteiger partial charge in [-0.15, -0.1) is 0 Å². The number of rotatable bonds is 3. The molecule has 1 aromatic heterocycles. The minimum atomic E-state index is -0.525. The van der Waals surface area contributed by atoms with E-state index in [0.717, 1.165) is 28.2 Å². The predicted octanol–water partition coefficient (Wildman–Crippen LogP) is 5.12. The molecule has 1 saturated heterocycles. The van der Waals surface area contributed by atoms with Gasteiger partial charge in [-0.05, 0) is 53.6 Å². The summed E-state index contributed by atoms with van der Waals surface area (Å²) in [5.41, 5.74) is 2.18. The lowest BCUT2D eigenvalue weighted by atomic mass is 9.96. The van der Waals surface area contributed by atoms with Gasteiger partial charge in [0.25, 0.3) is 0 Å². The highest BCUT2D eigenvalue weighted by Crippen LogP contribution is 2.42. The molecule has 0 atom stereocenters. The highest BCUT2D eigenvalue weighted by atomic mass is 127. The monoisotopic (exact) mass is 485 g/mol. The zero-order chi connectivity index (χ0) is 19.1. The standard InChI is InChI=1S/C20H18F2INO3/c1-26-17-10-13(2-3-14(17)22)24-15-8-12(21)9-16(25)18(15)19(23)20(24)11-4-6-27-7-5-11/h2-3,8-11,25H,4-7H2,1H3. The summed E-state index contributed by atoms with van der Waals surface area (Å²) >= 11 is 2.20. The Bertz CT molecular complexity index is 1010. The number of phenolic OH excluding ortho intramolecular Hbond substituents is 1. The van der Waals surface area contributed by atoms with Gasteiger partial charge in [0.15, 0.2) is 11.6 Å². The normalized spacial score (nSPS) is 15.4. The van der Waals surface area contributed by atoms with Crippen molar-refractivity contribution < 1.29 is 23.4 Å². The number of methoxy groups -OCH3 is 1. The van der Waals surface area contributed by atoms with Crippen molar-refractivity contribution in [3.63, 3.8) is 0 Å². The fraction of sp³-hybridized carbons (Fsp3) is 0.300. The number of hydrogen-bond acceptors (Lipinski definition) is 3. The quantitative estimate of drug-likeness (QED) is 0.524. The molecule has 142 valence electrons. The molecule has 0 amide bonds. The summed E-state index contributed by atoms with van der Waals surface area (Å²) < 4.78 is 41.4. The van der Waals surface area contributed by atoms with Gasteiger partial charge in [0.2, 0.25) is 0 Å². The van der Waals surface area contributed by atoms with Crippen LogP contribution in [0.15, 0.2) is 30.3 Å². The smallest absolute Gasteiger partial charge is 0.165 e. The van der Waals surface area contributed by atoms with Crippen LogP contribution in [0, 0.1) is 15.2 Å². The van der Waals surface area contributed by atoms with Crippen molar-refractivity contribution in [2.24, 2.45) is 0 Å². The summed E-state index contributed by atoms with van der Waals surface area (Å²) in [4.78, 5) is 0. The zero-order valence-corrected chi connectivity index (χ0v) is 16.8. The van der Waals surface area contributed by atoms with Crippen LogP contribution in [0.2, 0.25) is 0 Å². The molecule has 4 nitrogen and oxygen atoms in total. The molecular formula is C20H18F2INO3. The second-order valence-corrected chi connectivity index (χ2v) is 7.64. The Kier molecular flexibility index (Phi) is 4.98. The first-order valence-corrected chi connectivity index (χ1v) is 9.73. The van der Waals surface area contributed by atoms with Gasteiger partial charge in [-0.1, -0.05) is 0 Å². The van der Waals surface area contributed by atoms with Crippen LogP contribution in [0.25, 0.3) is 16.6 Å². The van der Waals surface area contributed by atoms with E-state index in [1.807, 2.05) is 4.57 Å². The molecule has 4 rings (SSSR count). The topological polar surface area (TPSA) is 43.6 Å². The van der Waals surface area contributed by atoms with E-state index >= 15 is 0 Å². The number of nitrogens with zero attached hydrogens (tertiary/aromatic N) is 1. The fourth-order valence-electron chi connectivity index (χ4n) is 3.73. The van der Waals surface area contributed by atoms with E-state index in [0.29, 0.717) is 29.8 Å². The van der Waals surface area contributed by atoms with Crippen LogP contribution in [0.3, 0.4) is 0 Å². The molecule has 0 aliphatic carbocycles. The Labute approximate surface area is 168 Å². The van der Waals surface area contributed by atoms with Gasteiger partial charge in [-0.25, -0.2) is 8.78 Å². The van der Waals surface area contributed by atoms with Crippen molar-refractivity contribution in [2.75, 3.05) is 20.3 Å². The summed E-state index contributed by atoms with van der Waals surface area (Å²) in [7, 11) is 1.41. The molecule has 1 N–H and O–H groups in total. The van der Waals surface area contributed by atoms with Crippen LogP contribution < -0.4 is 4.74 Å². The Morgan fingerprint density at radius 3 is 2.63 bits per heavy atom. The van der Waals surface area contributed by atoms with E-state index in [1.54, 1.807) is 12.1 Å². The molecule has 0 saturated carbocycles. The van der Waals surface area contributed by atoms with Gasteiger partial charge in [0.05, 0.1) is 18.0 Å². The Morgan fingerprint density at radius 2 is 1.93 bits per heavy atom. The number of aromatic hydroxyl groups is 1. The third kappa shape index (κ3) is 3.16. The van der Waals surface area contributed by atoms with Crippen molar-refractivity contribution in [1.29, 1.82) is 0 Å². The van der Waals surface area contributed by atoms with Crippen molar-refractivity contribution in [1.82, 2.24) is 4.57 Å². The molecular weight excluding hydrogens is 467 g/mol. The molecule has 2 heterocycles. The van der Waals surface area contributed by atoms with Crippen LogP contribution in [0.5, 0.6) is 11.5 Å². The first-order chi connectivity index (χ1) is 13.0. The molecule has 1 aliphatic rings. The van der Waals surface area contributed by atoms with E-state index in [-0.39, 0.29) is 17.4 Å². The third-order valence-electron chi connectivity index (χ3n) is 4.99. The Morgan fingerprint density at radius 1 is 1.19 bits per heavy atom. The van der Waals surface area contributed by atoms with Crippen molar-refractivity contribution in [2.45, 2.75) is 18.8 Å². The maximum atomic E-state index is 14.1. The van der Waals surface area contributed by atoms with E-state index in [2.05, 4.69) is 22.6 Å². The fourth-order valence-corrected chi connectivity index (χ4v) is 4.97. The summed E-state index contributed by atoms with van der Waals surface area (Å²) in [6.07, 6.45) is 1.65.